The molecule has 0 aliphatic heterocycles. The Hall–Kier alpha value is 0.200. The first-order valence-corrected chi connectivity index (χ1v) is 10.2. The Kier molecular flexibility index (Phi) is 11.6. The van der Waals surface area contributed by atoms with Gasteiger partial charge in [-0.25, -0.2) is 4.99 Å². The van der Waals surface area contributed by atoms with Crippen molar-refractivity contribution in [3.8, 4) is 0 Å². The molecule has 0 aromatic heterocycles. The smallest absolute Gasteiger partial charge is 0.218 e. The Labute approximate surface area is 109 Å². The maximum Gasteiger partial charge on any atom is 0.218 e. The fourth-order valence-corrected chi connectivity index (χ4v) is 0.511. The SMILES string of the molecule is CC(C)N=C(N)N=C(N)N(C)C.II. The maximum absolute atomic E-state index is 5.51. The highest BCUT2D eigenvalue weighted by molar-refractivity contribution is 15.0. The number of hydrogen-bond donors (Lipinski definition) is 2. The monoisotopic (exact) mass is 425 g/mol. The molecule has 0 fully saturated rings. The zero-order valence-corrected chi connectivity index (χ0v) is 13.1. The molecule has 0 aromatic rings. The van der Waals surface area contributed by atoms with Gasteiger partial charge in [-0.05, 0) is 13.8 Å². The van der Waals surface area contributed by atoms with E-state index in [-0.39, 0.29) is 12.0 Å². The Morgan fingerprint density at radius 3 is 1.93 bits per heavy atom. The van der Waals surface area contributed by atoms with Crippen molar-refractivity contribution in [1.82, 2.24) is 4.90 Å². The first kappa shape index (κ1) is 16.6. The van der Waals surface area contributed by atoms with E-state index in [0.717, 1.165) is 0 Å². The van der Waals surface area contributed by atoms with E-state index >= 15 is 0 Å². The molecule has 0 atom stereocenters. The molecule has 0 aromatic carbocycles. The van der Waals surface area contributed by atoms with Gasteiger partial charge in [-0.2, -0.15) is 4.99 Å². The second kappa shape index (κ2) is 9.74. The van der Waals surface area contributed by atoms with Gasteiger partial charge in [0.25, 0.3) is 0 Å². The lowest BCUT2D eigenvalue weighted by Gasteiger charge is -2.09. The normalized spacial score (nSPS) is 12.2. The minimum Gasteiger partial charge on any atom is -0.369 e. The molecular weight excluding hydrogens is 408 g/mol. The Balaban J connectivity index is 0. The molecule has 0 saturated heterocycles. The van der Waals surface area contributed by atoms with Crippen LogP contribution in [0.25, 0.3) is 0 Å². The molecule has 5 nitrogen and oxygen atoms in total. The quantitative estimate of drug-likeness (QED) is 0.379. The van der Waals surface area contributed by atoms with E-state index in [9.17, 15) is 0 Å². The predicted molar refractivity (Wildman–Crippen MR) is 80.1 cm³/mol. The average Bonchev–Trinajstić information content (AvgIpc) is 2.05. The van der Waals surface area contributed by atoms with Gasteiger partial charge in [-0.15, -0.1) is 0 Å². The number of rotatable bonds is 1. The molecule has 0 aliphatic rings. The lowest BCUT2D eigenvalue weighted by Crippen LogP contribution is -2.32. The number of halogens is 2. The van der Waals surface area contributed by atoms with Crippen molar-refractivity contribution in [1.29, 1.82) is 0 Å². The number of nitrogens with two attached hydrogens (primary N) is 2. The first-order valence-electron chi connectivity index (χ1n) is 3.92. The summed E-state index contributed by atoms with van der Waals surface area (Å²) in [6.45, 7) is 3.85. The number of hydrogen-bond acceptors (Lipinski definition) is 1. The van der Waals surface area contributed by atoms with Crippen LogP contribution in [-0.2, 0) is 0 Å². The number of nitrogens with zero attached hydrogens (tertiary/aromatic N) is 3. The summed E-state index contributed by atoms with van der Waals surface area (Å²) < 4.78 is 0. The lowest BCUT2D eigenvalue weighted by atomic mass is 10.4. The van der Waals surface area contributed by atoms with Gasteiger partial charge >= 0.3 is 0 Å². The Morgan fingerprint density at radius 2 is 1.64 bits per heavy atom. The molecule has 0 aliphatic carbocycles. The van der Waals surface area contributed by atoms with E-state index in [1.165, 1.54) is 0 Å². The van der Waals surface area contributed by atoms with Crippen molar-refractivity contribution in [3.63, 3.8) is 0 Å². The number of guanidine groups is 2. The summed E-state index contributed by atoms with van der Waals surface area (Å²) in [6, 6.07) is 0.142. The summed E-state index contributed by atoms with van der Waals surface area (Å²) in [5.41, 5.74) is 11.0. The van der Waals surface area contributed by atoms with Crippen molar-refractivity contribution in [2.24, 2.45) is 21.5 Å². The van der Waals surface area contributed by atoms with Crippen LogP contribution in [0.4, 0.5) is 0 Å². The van der Waals surface area contributed by atoms with Crippen molar-refractivity contribution in [2.45, 2.75) is 19.9 Å². The molecule has 0 radical (unpaired) electrons. The van der Waals surface area contributed by atoms with Crippen LogP contribution in [0.2, 0.25) is 0 Å². The predicted octanol–water partition coefficient (Wildman–Crippen LogP) is 1.36. The molecule has 84 valence electrons. The largest absolute Gasteiger partial charge is 0.369 e. The molecule has 14 heavy (non-hydrogen) atoms. The van der Waals surface area contributed by atoms with E-state index < -0.39 is 0 Å². The molecule has 7 heteroatoms. The molecule has 0 spiro atoms. The average molecular weight is 425 g/mol. The molecule has 0 amide bonds. The number of aliphatic imine (C=N–C) groups is 2. The topological polar surface area (TPSA) is 80.0 Å². The van der Waals surface area contributed by atoms with Crippen LogP contribution in [0.1, 0.15) is 13.8 Å². The Morgan fingerprint density at radius 1 is 1.21 bits per heavy atom. The van der Waals surface area contributed by atoms with E-state index in [4.69, 9.17) is 11.5 Å². The van der Waals surface area contributed by atoms with Crippen LogP contribution in [-0.4, -0.2) is 37.0 Å². The molecular formula is C7H17I2N5. The summed E-state index contributed by atoms with van der Waals surface area (Å²) in [6.07, 6.45) is 0. The van der Waals surface area contributed by atoms with E-state index in [1.807, 2.05) is 13.8 Å². The lowest BCUT2D eigenvalue weighted by molar-refractivity contribution is 0.615. The van der Waals surface area contributed by atoms with Crippen molar-refractivity contribution >= 4 is 49.2 Å². The summed E-state index contributed by atoms with van der Waals surface area (Å²) in [4.78, 5) is 9.53. The van der Waals surface area contributed by atoms with Crippen LogP contribution >= 0.6 is 37.2 Å². The van der Waals surface area contributed by atoms with Crippen LogP contribution in [0.15, 0.2) is 9.98 Å². The fraction of sp³-hybridized carbons (Fsp3) is 0.714. The van der Waals surface area contributed by atoms with Gasteiger partial charge in [0.15, 0.2) is 5.96 Å². The summed E-state index contributed by atoms with van der Waals surface area (Å²) in [5, 5.41) is 0. The molecule has 0 unspecified atom stereocenters. The standard InChI is InChI=1S/C7H17N5.I2/c1-5(2)10-6(8)11-7(9)12(3)4;1-2/h5H,1-4H3,(H4,8,9,10,11);. The minimum absolute atomic E-state index is 0.142. The van der Waals surface area contributed by atoms with Crippen molar-refractivity contribution in [3.05, 3.63) is 0 Å². The highest BCUT2D eigenvalue weighted by Gasteiger charge is 1.96. The van der Waals surface area contributed by atoms with Gasteiger partial charge in [0.05, 0.1) is 0 Å². The molecule has 0 heterocycles. The maximum atomic E-state index is 5.51. The highest BCUT2D eigenvalue weighted by Crippen LogP contribution is 1.89. The van der Waals surface area contributed by atoms with Crippen LogP contribution in [0.3, 0.4) is 0 Å². The van der Waals surface area contributed by atoms with Gasteiger partial charge in [-0.3, -0.25) is 0 Å². The van der Waals surface area contributed by atoms with Gasteiger partial charge in [0.1, 0.15) is 0 Å². The van der Waals surface area contributed by atoms with Crippen molar-refractivity contribution < 1.29 is 0 Å². The van der Waals surface area contributed by atoms with Gasteiger partial charge in [-0.1, -0.05) is 0 Å². The molecule has 0 bridgehead atoms. The van der Waals surface area contributed by atoms with Gasteiger partial charge < -0.3 is 16.4 Å². The Bertz CT molecular complexity index is 200. The van der Waals surface area contributed by atoms with Gasteiger partial charge in [0, 0.05) is 57.4 Å². The third kappa shape index (κ3) is 10.3. The second-order valence-corrected chi connectivity index (χ2v) is 2.95. The minimum atomic E-state index is 0.142. The fourth-order valence-electron chi connectivity index (χ4n) is 0.511. The highest BCUT2D eigenvalue weighted by atomic mass is 128. The third-order valence-electron chi connectivity index (χ3n) is 1.08. The molecule has 0 saturated carbocycles. The van der Waals surface area contributed by atoms with Gasteiger partial charge in [0.2, 0.25) is 5.96 Å². The second-order valence-electron chi connectivity index (χ2n) is 2.95. The van der Waals surface area contributed by atoms with Crippen LogP contribution < -0.4 is 11.5 Å². The molecule has 4 N–H and O–H groups in total. The van der Waals surface area contributed by atoms with Crippen LogP contribution in [0.5, 0.6) is 0 Å². The summed E-state index contributed by atoms with van der Waals surface area (Å²) >= 11 is 4.24. The van der Waals surface area contributed by atoms with E-state index in [1.54, 1.807) is 19.0 Å². The zero-order valence-electron chi connectivity index (χ0n) is 8.83. The summed E-state index contributed by atoms with van der Waals surface area (Å²) in [5.74, 6) is 0.577. The van der Waals surface area contributed by atoms with Crippen LogP contribution in [0, 0.1) is 0 Å². The van der Waals surface area contributed by atoms with E-state index in [2.05, 4.69) is 47.2 Å². The third-order valence-corrected chi connectivity index (χ3v) is 1.08. The van der Waals surface area contributed by atoms with Crippen molar-refractivity contribution in [2.75, 3.05) is 14.1 Å². The summed E-state index contributed by atoms with van der Waals surface area (Å²) in [7, 11) is 3.59. The zero-order chi connectivity index (χ0) is 11.7. The first-order chi connectivity index (χ1) is 6.43. The van der Waals surface area contributed by atoms with E-state index in [0.29, 0.717) is 5.96 Å². The molecule has 0 rings (SSSR count).